The van der Waals surface area contributed by atoms with Crippen molar-refractivity contribution >= 4 is 0 Å². The Morgan fingerprint density at radius 1 is 1.16 bits per heavy atom. The Hall–Kier alpha value is -2.80. The summed E-state index contributed by atoms with van der Waals surface area (Å²) in [5.74, 6) is 0.383. The van der Waals surface area contributed by atoms with Gasteiger partial charge in [0.2, 0.25) is 0 Å². The van der Waals surface area contributed by atoms with Crippen molar-refractivity contribution in [3.8, 4) is 5.69 Å². The third kappa shape index (κ3) is 3.66. The summed E-state index contributed by atoms with van der Waals surface area (Å²) in [6, 6.07) is 10.0. The second-order valence-electron chi connectivity index (χ2n) is 6.39. The Balaban J connectivity index is 1.35. The number of likely N-dealkylation sites (tertiary alicyclic amines) is 1. The maximum absolute atomic E-state index is 11.4. The van der Waals surface area contributed by atoms with Gasteiger partial charge in [-0.25, -0.2) is 14.6 Å². The summed E-state index contributed by atoms with van der Waals surface area (Å²) in [5.41, 5.74) is 3.15. The number of aromatic nitrogens is 5. The number of hydrogen-bond donors (Lipinski definition) is 1. The standard InChI is InChI=1S/C18H20N6O/c25-18-9-17(20-12-21-18)15-5-7-23(8-6-15)10-14-1-3-16(4-2-14)24-13-19-11-22-24/h1-4,9,11-13,15H,5-8,10H2,(H,20,21,25). The van der Waals surface area contributed by atoms with Crippen LogP contribution in [0.3, 0.4) is 0 Å². The van der Waals surface area contributed by atoms with Crippen LogP contribution in [-0.4, -0.2) is 42.7 Å². The summed E-state index contributed by atoms with van der Waals surface area (Å²) in [4.78, 5) is 24.8. The average molecular weight is 336 g/mol. The molecule has 0 unspecified atom stereocenters. The van der Waals surface area contributed by atoms with Gasteiger partial charge < -0.3 is 4.98 Å². The van der Waals surface area contributed by atoms with Gasteiger partial charge in [-0.1, -0.05) is 12.1 Å². The van der Waals surface area contributed by atoms with E-state index in [1.54, 1.807) is 17.1 Å². The van der Waals surface area contributed by atoms with Crippen LogP contribution in [0.4, 0.5) is 0 Å². The Kier molecular flexibility index (Phi) is 4.39. The maximum Gasteiger partial charge on any atom is 0.250 e. The van der Waals surface area contributed by atoms with E-state index in [1.807, 2.05) is 0 Å². The molecule has 7 heteroatoms. The van der Waals surface area contributed by atoms with Crippen molar-refractivity contribution in [1.82, 2.24) is 29.6 Å². The van der Waals surface area contributed by atoms with Gasteiger partial charge in [0.05, 0.1) is 17.7 Å². The van der Waals surface area contributed by atoms with E-state index in [-0.39, 0.29) is 5.56 Å². The van der Waals surface area contributed by atoms with Crippen LogP contribution in [0.1, 0.15) is 30.0 Å². The number of nitrogens with zero attached hydrogens (tertiary/aromatic N) is 5. The zero-order valence-electron chi connectivity index (χ0n) is 13.9. The largest absolute Gasteiger partial charge is 0.313 e. The summed E-state index contributed by atoms with van der Waals surface area (Å²) in [6.07, 6.45) is 6.80. The Bertz CT molecular complexity index is 863. The molecule has 1 saturated heterocycles. The molecule has 128 valence electrons. The molecule has 2 aromatic heterocycles. The van der Waals surface area contributed by atoms with Gasteiger partial charge in [-0.15, -0.1) is 0 Å². The van der Waals surface area contributed by atoms with E-state index < -0.39 is 0 Å². The third-order valence-electron chi connectivity index (χ3n) is 4.73. The highest BCUT2D eigenvalue weighted by Gasteiger charge is 2.21. The molecule has 0 bridgehead atoms. The summed E-state index contributed by atoms with van der Waals surface area (Å²) in [6.45, 7) is 2.97. The molecular weight excluding hydrogens is 316 g/mol. The first-order chi connectivity index (χ1) is 12.3. The molecule has 0 amide bonds. The van der Waals surface area contributed by atoms with E-state index in [0.29, 0.717) is 5.92 Å². The van der Waals surface area contributed by atoms with Crippen molar-refractivity contribution < 1.29 is 0 Å². The van der Waals surface area contributed by atoms with Crippen LogP contribution in [0.15, 0.2) is 54.1 Å². The van der Waals surface area contributed by atoms with E-state index in [9.17, 15) is 4.79 Å². The topological polar surface area (TPSA) is 79.7 Å². The molecule has 4 rings (SSSR count). The quantitative estimate of drug-likeness (QED) is 0.785. The molecule has 7 nitrogen and oxygen atoms in total. The summed E-state index contributed by atoms with van der Waals surface area (Å²) >= 11 is 0. The van der Waals surface area contributed by atoms with Crippen LogP contribution >= 0.6 is 0 Å². The van der Waals surface area contributed by atoms with Crippen LogP contribution in [0.25, 0.3) is 5.69 Å². The fraction of sp³-hybridized carbons (Fsp3) is 0.333. The molecule has 25 heavy (non-hydrogen) atoms. The first-order valence-electron chi connectivity index (χ1n) is 8.49. The Morgan fingerprint density at radius 2 is 1.96 bits per heavy atom. The van der Waals surface area contributed by atoms with Crippen molar-refractivity contribution in [2.75, 3.05) is 13.1 Å². The zero-order chi connectivity index (χ0) is 17.1. The molecule has 1 aliphatic heterocycles. The van der Waals surface area contributed by atoms with Gasteiger partial charge in [-0.2, -0.15) is 5.10 Å². The minimum Gasteiger partial charge on any atom is -0.313 e. The van der Waals surface area contributed by atoms with Crippen molar-refractivity contribution in [2.45, 2.75) is 25.3 Å². The minimum absolute atomic E-state index is 0.0695. The highest BCUT2D eigenvalue weighted by molar-refractivity contribution is 5.33. The summed E-state index contributed by atoms with van der Waals surface area (Å²) < 4.78 is 1.75. The van der Waals surface area contributed by atoms with Gasteiger partial charge >= 0.3 is 0 Å². The van der Waals surface area contributed by atoms with Gasteiger partial charge in [0, 0.05) is 18.5 Å². The number of aromatic amines is 1. The van der Waals surface area contributed by atoms with Gasteiger partial charge in [-0.3, -0.25) is 9.69 Å². The molecular formula is C18H20N6O. The van der Waals surface area contributed by atoms with E-state index in [2.05, 4.69) is 49.2 Å². The molecule has 0 atom stereocenters. The lowest BCUT2D eigenvalue weighted by molar-refractivity contribution is 0.203. The van der Waals surface area contributed by atoms with Gasteiger partial charge in [0.25, 0.3) is 5.56 Å². The number of piperidine rings is 1. The fourth-order valence-corrected chi connectivity index (χ4v) is 3.35. The molecule has 1 fully saturated rings. The fourth-order valence-electron chi connectivity index (χ4n) is 3.35. The molecule has 1 aromatic carbocycles. The van der Waals surface area contributed by atoms with Crippen LogP contribution < -0.4 is 5.56 Å². The van der Waals surface area contributed by atoms with E-state index in [0.717, 1.165) is 43.9 Å². The predicted octanol–water partition coefficient (Wildman–Crippen LogP) is 1.73. The van der Waals surface area contributed by atoms with Crippen LogP contribution in [-0.2, 0) is 6.54 Å². The Labute approximate surface area is 145 Å². The molecule has 0 saturated carbocycles. The predicted molar refractivity (Wildman–Crippen MR) is 93.5 cm³/mol. The summed E-state index contributed by atoms with van der Waals surface area (Å²) in [5, 5.41) is 4.14. The molecule has 1 aliphatic rings. The van der Waals surface area contributed by atoms with Gasteiger partial charge in [-0.05, 0) is 43.6 Å². The van der Waals surface area contributed by atoms with Crippen molar-refractivity contribution in [2.24, 2.45) is 0 Å². The van der Waals surface area contributed by atoms with E-state index in [4.69, 9.17) is 0 Å². The summed E-state index contributed by atoms with van der Waals surface area (Å²) in [7, 11) is 0. The molecule has 0 aliphatic carbocycles. The highest BCUT2D eigenvalue weighted by Crippen LogP contribution is 2.26. The molecule has 1 N–H and O–H groups in total. The average Bonchev–Trinajstić information content (AvgIpc) is 3.18. The van der Waals surface area contributed by atoms with Crippen LogP contribution in [0.2, 0.25) is 0 Å². The smallest absolute Gasteiger partial charge is 0.250 e. The van der Waals surface area contributed by atoms with E-state index >= 15 is 0 Å². The number of rotatable bonds is 4. The zero-order valence-corrected chi connectivity index (χ0v) is 13.9. The second kappa shape index (κ2) is 6.98. The van der Waals surface area contributed by atoms with Crippen LogP contribution in [0, 0.1) is 0 Å². The normalized spacial score (nSPS) is 16.2. The SMILES string of the molecule is O=c1cc(C2CCN(Cc3ccc(-n4cncn4)cc3)CC2)nc[nH]1. The number of benzene rings is 1. The van der Waals surface area contributed by atoms with E-state index in [1.165, 1.54) is 18.2 Å². The van der Waals surface area contributed by atoms with Crippen molar-refractivity contribution in [3.63, 3.8) is 0 Å². The highest BCUT2D eigenvalue weighted by atomic mass is 16.1. The number of hydrogen-bond acceptors (Lipinski definition) is 5. The number of nitrogens with one attached hydrogen (secondary N) is 1. The lowest BCUT2D eigenvalue weighted by Gasteiger charge is -2.31. The van der Waals surface area contributed by atoms with Crippen LogP contribution in [0.5, 0.6) is 0 Å². The second-order valence-corrected chi connectivity index (χ2v) is 6.39. The van der Waals surface area contributed by atoms with Crippen molar-refractivity contribution in [1.29, 1.82) is 0 Å². The lowest BCUT2D eigenvalue weighted by atomic mass is 9.93. The lowest BCUT2D eigenvalue weighted by Crippen LogP contribution is -2.33. The first-order valence-corrected chi connectivity index (χ1v) is 8.49. The van der Waals surface area contributed by atoms with Gasteiger partial charge in [0.15, 0.2) is 0 Å². The molecule has 0 spiro atoms. The monoisotopic (exact) mass is 336 g/mol. The first kappa shape index (κ1) is 15.7. The minimum atomic E-state index is -0.0695. The third-order valence-corrected chi connectivity index (χ3v) is 4.73. The van der Waals surface area contributed by atoms with Crippen molar-refractivity contribution in [3.05, 3.63) is 70.9 Å². The number of H-pyrrole nitrogens is 1. The Morgan fingerprint density at radius 3 is 2.64 bits per heavy atom. The maximum atomic E-state index is 11.4. The van der Waals surface area contributed by atoms with Gasteiger partial charge in [0.1, 0.15) is 12.7 Å². The molecule has 0 radical (unpaired) electrons. The molecule has 3 heterocycles. The molecule has 3 aromatic rings.